The third-order valence-electron chi connectivity index (χ3n) is 3.13. The number of carbonyl (C=O) groups is 1. The number of amides is 2. The molecule has 0 saturated carbocycles. The Morgan fingerprint density at radius 2 is 1.74 bits per heavy atom. The van der Waals surface area contributed by atoms with Gasteiger partial charge < -0.3 is 16.0 Å². The monoisotopic (exact) mass is 281 g/mol. The van der Waals surface area contributed by atoms with Crippen LogP contribution in [-0.4, -0.2) is 34.8 Å². The summed E-state index contributed by atoms with van der Waals surface area (Å²) in [5.41, 5.74) is 1.79. The van der Waals surface area contributed by atoms with Gasteiger partial charge in [0.15, 0.2) is 0 Å². The number of urea groups is 1. The van der Waals surface area contributed by atoms with Crippen LogP contribution in [0.4, 0.5) is 16.2 Å². The fourth-order valence-electron chi connectivity index (χ4n) is 2.02. The van der Waals surface area contributed by atoms with Gasteiger partial charge >= 0.3 is 6.03 Å². The van der Waals surface area contributed by atoms with Crippen LogP contribution in [0.5, 0.6) is 0 Å². The van der Waals surface area contributed by atoms with E-state index in [2.05, 4.69) is 16.0 Å². The number of anilines is 2. The van der Waals surface area contributed by atoms with E-state index < -0.39 is 10.8 Å². The van der Waals surface area contributed by atoms with Crippen LogP contribution in [0.25, 0.3) is 0 Å². The fourth-order valence-corrected chi connectivity index (χ4v) is 3.32. The van der Waals surface area contributed by atoms with Crippen LogP contribution in [-0.2, 0) is 10.8 Å². The van der Waals surface area contributed by atoms with E-state index in [9.17, 15) is 9.00 Å². The molecule has 0 unspecified atom stereocenters. The lowest BCUT2D eigenvalue weighted by molar-refractivity contribution is 0.254. The molecule has 1 saturated heterocycles. The zero-order chi connectivity index (χ0) is 13.7. The van der Waals surface area contributed by atoms with E-state index in [1.165, 1.54) is 0 Å². The van der Waals surface area contributed by atoms with Crippen LogP contribution < -0.4 is 16.0 Å². The Morgan fingerprint density at radius 1 is 1.16 bits per heavy atom. The van der Waals surface area contributed by atoms with E-state index in [4.69, 9.17) is 0 Å². The number of hydrogen-bond donors (Lipinski definition) is 3. The number of rotatable bonds is 3. The second kappa shape index (κ2) is 6.56. The maximum Gasteiger partial charge on any atom is 0.318 e. The Bertz CT molecular complexity index is 451. The predicted octanol–water partition coefficient (Wildman–Crippen LogP) is 1.76. The summed E-state index contributed by atoms with van der Waals surface area (Å²) in [6, 6.07) is 7.77. The summed E-state index contributed by atoms with van der Waals surface area (Å²) in [5.74, 6) is 1.57. The van der Waals surface area contributed by atoms with Gasteiger partial charge in [-0.1, -0.05) is 0 Å². The van der Waals surface area contributed by atoms with Crippen molar-refractivity contribution in [2.75, 3.05) is 29.2 Å². The Hall–Kier alpha value is -1.56. The van der Waals surface area contributed by atoms with Gasteiger partial charge in [0, 0.05) is 46.8 Å². The standard InChI is InChI=1S/C13H19N3O2S/c1-14-13(17)16-11-4-2-10(3-5-11)15-12-6-8-19(18)9-7-12/h2-5,12,15H,6-9H2,1H3,(H2,14,16,17). The maximum absolute atomic E-state index is 11.3. The van der Waals surface area contributed by atoms with E-state index in [0.717, 1.165) is 35.7 Å². The molecule has 104 valence electrons. The predicted molar refractivity (Wildman–Crippen MR) is 79.0 cm³/mol. The molecule has 1 aliphatic heterocycles. The van der Waals surface area contributed by atoms with Gasteiger partial charge in [0.25, 0.3) is 0 Å². The first-order chi connectivity index (χ1) is 9.17. The first-order valence-electron chi connectivity index (χ1n) is 6.37. The van der Waals surface area contributed by atoms with Crippen molar-refractivity contribution in [3.63, 3.8) is 0 Å². The number of carbonyl (C=O) groups excluding carboxylic acids is 1. The molecule has 1 fully saturated rings. The number of nitrogens with one attached hydrogen (secondary N) is 3. The SMILES string of the molecule is CNC(=O)Nc1ccc(NC2CCS(=O)CC2)cc1. The van der Waals surface area contributed by atoms with Gasteiger partial charge in [0.05, 0.1) is 0 Å². The molecular formula is C13H19N3O2S. The van der Waals surface area contributed by atoms with Crippen LogP contribution in [0.2, 0.25) is 0 Å². The molecule has 0 spiro atoms. The molecule has 1 aromatic carbocycles. The van der Waals surface area contributed by atoms with Crippen LogP contribution in [0.15, 0.2) is 24.3 Å². The number of hydrogen-bond acceptors (Lipinski definition) is 3. The molecule has 1 aliphatic rings. The molecule has 6 heteroatoms. The van der Waals surface area contributed by atoms with Crippen LogP contribution in [0, 0.1) is 0 Å². The molecule has 0 atom stereocenters. The quantitative estimate of drug-likeness (QED) is 0.790. The highest BCUT2D eigenvalue weighted by Gasteiger charge is 2.17. The highest BCUT2D eigenvalue weighted by Crippen LogP contribution is 2.18. The summed E-state index contributed by atoms with van der Waals surface area (Å²) in [5, 5.41) is 8.65. The van der Waals surface area contributed by atoms with Crippen LogP contribution in [0.3, 0.4) is 0 Å². The van der Waals surface area contributed by atoms with Crippen molar-refractivity contribution in [3.05, 3.63) is 24.3 Å². The second-order valence-electron chi connectivity index (χ2n) is 4.55. The Morgan fingerprint density at radius 3 is 2.32 bits per heavy atom. The highest BCUT2D eigenvalue weighted by atomic mass is 32.2. The first-order valence-corrected chi connectivity index (χ1v) is 7.86. The first kappa shape index (κ1) is 13.9. The summed E-state index contributed by atoms with van der Waals surface area (Å²) in [6.45, 7) is 0. The molecule has 5 nitrogen and oxygen atoms in total. The fraction of sp³-hybridized carbons (Fsp3) is 0.462. The van der Waals surface area contributed by atoms with Gasteiger partial charge in [-0.2, -0.15) is 0 Å². The van der Waals surface area contributed by atoms with Gasteiger partial charge in [0.1, 0.15) is 0 Å². The summed E-state index contributed by atoms with van der Waals surface area (Å²) in [7, 11) is 0.957. The molecule has 2 rings (SSSR count). The molecule has 1 heterocycles. The van der Waals surface area contributed by atoms with Crippen LogP contribution >= 0.6 is 0 Å². The van der Waals surface area contributed by atoms with Crippen molar-refractivity contribution in [3.8, 4) is 0 Å². The molecular weight excluding hydrogens is 262 g/mol. The Labute approximate surface area is 115 Å². The van der Waals surface area contributed by atoms with Gasteiger partial charge in [-0.25, -0.2) is 4.79 Å². The van der Waals surface area contributed by atoms with E-state index in [1.807, 2.05) is 24.3 Å². The maximum atomic E-state index is 11.3. The van der Waals surface area contributed by atoms with E-state index in [1.54, 1.807) is 7.05 Å². The minimum atomic E-state index is -0.625. The summed E-state index contributed by atoms with van der Waals surface area (Å²) in [6.07, 6.45) is 1.90. The van der Waals surface area contributed by atoms with Crippen molar-refractivity contribution in [2.24, 2.45) is 0 Å². The zero-order valence-electron chi connectivity index (χ0n) is 10.9. The molecule has 0 aliphatic carbocycles. The topological polar surface area (TPSA) is 70.2 Å². The van der Waals surface area contributed by atoms with E-state index in [0.29, 0.717) is 6.04 Å². The lowest BCUT2D eigenvalue weighted by Crippen LogP contribution is -2.29. The molecule has 0 radical (unpaired) electrons. The molecule has 0 aromatic heterocycles. The minimum Gasteiger partial charge on any atom is -0.382 e. The van der Waals surface area contributed by atoms with Crippen molar-refractivity contribution in [2.45, 2.75) is 18.9 Å². The Kier molecular flexibility index (Phi) is 4.79. The lowest BCUT2D eigenvalue weighted by Gasteiger charge is -2.23. The number of benzene rings is 1. The average Bonchev–Trinajstić information content (AvgIpc) is 2.43. The summed E-state index contributed by atoms with van der Waals surface area (Å²) < 4.78 is 11.3. The third-order valence-corrected chi connectivity index (χ3v) is 4.51. The third kappa shape index (κ3) is 4.24. The molecule has 1 aromatic rings. The molecule has 3 N–H and O–H groups in total. The average molecular weight is 281 g/mol. The van der Waals surface area contributed by atoms with Gasteiger partial charge in [-0.3, -0.25) is 4.21 Å². The van der Waals surface area contributed by atoms with E-state index in [-0.39, 0.29) is 6.03 Å². The van der Waals surface area contributed by atoms with Gasteiger partial charge in [-0.15, -0.1) is 0 Å². The largest absolute Gasteiger partial charge is 0.382 e. The normalized spacial score (nSPS) is 22.6. The summed E-state index contributed by atoms with van der Waals surface area (Å²) in [4.78, 5) is 11.1. The Balaban J connectivity index is 1.88. The van der Waals surface area contributed by atoms with Gasteiger partial charge in [0.2, 0.25) is 0 Å². The van der Waals surface area contributed by atoms with E-state index >= 15 is 0 Å². The zero-order valence-corrected chi connectivity index (χ0v) is 11.8. The second-order valence-corrected chi connectivity index (χ2v) is 6.24. The van der Waals surface area contributed by atoms with Crippen molar-refractivity contribution in [1.29, 1.82) is 0 Å². The lowest BCUT2D eigenvalue weighted by atomic mass is 10.1. The van der Waals surface area contributed by atoms with Crippen molar-refractivity contribution >= 4 is 28.2 Å². The summed E-state index contributed by atoms with van der Waals surface area (Å²) >= 11 is 0. The molecule has 19 heavy (non-hydrogen) atoms. The minimum absolute atomic E-state index is 0.226. The highest BCUT2D eigenvalue weighted by molar-refractivity contribution is 7.85. The molecule has 2 amide bonds. The smallest absolute Gasteiger partial charge is 0.318 e. The van der Waals surface area contributed by atoms with Crippen molar-refractivity contribution < 1.29 is 9.00 Å². The molecule has 0 bridgehead atoms. The van der Waals surface area contributed by atoms with Crippen molar-refractivity contribution in [1.82, 2.24) is 5.32 Å². The van der Waals surface area contributed by atoms with Gasteiger partial charge in [-0.05, 0) is 37.1 Å². The van der Waals surface area contributed by atoms with Crippen LogP contribution in [0.1, 0.15) is 12.8 Å².